The van der Waals surface area contributed by atoms with E-state index in [4.69, 9.17) is 18.0 Å². The number of hydrogen-bond donors (Lipinski definition) is 3. The molecule has 0 unspecified atom stereocenters. The molecule has 0 bridgehead atoms. The SMILES string of the molecule is NC(=S)Nc1ccccc1C(=O)NCc1cccnc1. The molecule has 1 amide bonds. The summed E-state index contributed by atoms with van der Waals surface area (Å²) in [6.07, 6.45) is 3.40. The number of para-hydroxylation sites is 1. The van der Waals surface area contributed by atoms with Gasteiger partial charge in [0.15, 0.2) is 5.11 Å². The third kappa shape index (κ3) is 3.76. The van der Waals surface area contributed by atoms with Crippen LogP contribution in [-0.2, 0) is 6.54 Å². The van der Waals surface area contributed by atoms with E-state index in [0.717, 1.165) is 5.56 Å². The summed E-state index contributed by atoms with van der Waals surface area (Å²) >= 11 is 4.79. The van der Waals surface area contributed by atoms with Crippen molar-refractivity contribution in [3.05, 3.63) is 59.9 Å². The zero-order chi connectivity index (χ0) is 14.4. The second-order valence-corrected chi connectivity index (χ2v) is 4.52. The van der Waals surface area contributed by atoms with E-state index in [1.54, 1.807) is 36.7 Å². The Balaban J connectivity index is 2.07. The number of anilines is 1. The fourth-order valence-electron chi connectivity index (χ4n) is 1.70. The second kappa shape index (κ2) is 6.63. The van der Waals surface area contributed by atoms with Gasteiger partial charge in [0.2, 0.25) is 0 Å². The monoisotopic (exact) mass is 286 g/mol. The highest BCUT2D eigenvalue weighted by Crippen LogP contribution is 2.14. The summed E-state index contributed by atoms with van der Waals surface area (Å²) in [7, 11) is 0. The van der Waals surface area contributed by atoms with Gasteiger partial charge in [0, 0.05) is 18.9 Å². The third-order valence-electron chi connectivity index (χ3n) is 2.61. The maximum absolute atomic E-state index is 12.2. The highest BCUT2D eigenvalue weighted by molar-refractivity contribution is 7.80. The van der Waals surface area contributed by atoms with Crippen LogP contribution in [0, 0.1) is 0 Å². The van der Waals surface area contributed by atoms with Crippen LogP contribution >= 0.6 is 12.2 Å². The van der Waals surface area contributed by atoms with Gasteiger partial charge in [-0.15, -0.1) is 0 Å². The number of nitrogens with zero attached hydrogens (tertiary/aromatic N) is 1. The van der Waals surface area contributed by atoms with Gasteiger partial charge in [0.1, 0.15) is 0 Å². The molecular formula is C14H14N4OS. The summed E-state index contributed by atoms with van der Waals surface area (Å²) in [5.41, 5.74) is 7.45. The molecule has 1 aromatic carbocycles. The third-order valence-corrected chi connectivity index (χ3v) is 2.71. The maximum Gasteiger partial charge on any atom is 0.253 e. The van der Waals surface area contributed by atoms with Crippen LogP contribution in [0.3, 0.4) is 0 Å². The maximum atomic E-state index is 12.2. The molecule has 0 spiro atoms. The number of amides is 1. The smallest absolute Gasteiger partial charge is 0.253 e. The molecule has 0 atom stereocenters. The molecule has 1 heterocycles. The number of rotatable bonds is 4. The zero-order valence-corrected chi connectivity index (χ0v) is 11.5. The van der Waals surface area contributed by atoms with Gasteiger partial charge in [0.25, 0.3) is 5.91 Å². The Labute approximate surface area is 122 Å². The number of nitrogens with two attached hydrogens (primary N) is 1. The van der Waals surface area contributed by atoms with Crippen LogP contribution in [0.15, 0.2) is 48.8 Å². The van der Waals surface area contributed by atoms with E-state index in [-0.39, 0.29) is 11.0 Å². The second-order valence-electron chi connectivity index (χ2n) is 4.08. The number of hydrogen-bond acceptors (Lipinski definition) is 3. The topological polar surface area (TPSA) is 80.0 Å². The summed E-state index contributed by atoms with van der Waals surface area (Å²) < 4.78 is 0. The highest BCUT2D eigenvalue weighted by Gasteiger charge is 2.10. The van der Waals surface area contributed by atoms with E-state index in [9.17, 15) is 4.79 Å². The molecular weight excluding hydrogens is 272 g/mol. The Kier molecular flexibility index (Phi) is 4.62. The van der Waals surface area contributed by atoms with Crippen molar-refractivity contribution in [1.82, 2.24) is 10.3 Å². The molecule has 0 radical (unpaired) electrons. The van der Waals surface area contributed by atoms with E-state index >= 15 is 0 Å². The Morgan fingerprint density at radius 2 is 2.05 bits per heavy atom. The quantitative estimate of drug-likeness (QED) is 0.745. The predicted octanol–water partition coefficient (Wildman–Crippen LogP) is 1.67. The van der Waals surface area contributed by atoms with Crippen molar-refractivity contribution in [2.24, 2.45) is 5.73 Å². The average Bonchev–Trinajstić information content (AvgIpc) is 2.46. The van der Waals surface area contributed by atoms with Crippen LogP contribution < -0.4 is 16.4 Å². The first-order chi connectivity index (χ1) is 9.66. The first-order valence-electron chi connectivity index (χ1n) is 5.99. The normalized spacial score (nSPS) is 9.80. The number of carbonyl (C=O) groups excluding carboxylic acids is 1. The fraction of sp³-hybridized carbons (Fsp3) is 0.0714. The van der Waals surface area contributed by atoms with Crippen LogP contribution in [-0.4, -0.2) is 16.0 Å². The van der Waals surface area contributed by atoms with E-state index in [1.807, 2.05) is 12.1 Å². The van der Waals surface area contributed by atoms with Gasteiger partial charge in [-0.2, -0.15) is 0 Å². The Morgan fingerprint density at radius 3 is 2.75 bits per heavy atom. The number of carbonyl (C=O) groups is 1. The number of nitrogens with one attached hydrogen (secondary N) is 2. The van der Waals surface area contributed by atoms with Crippen LogP contribution in [0.25, 0.3) is 0 Å². The predicted molar refractivity (Wildman–Crippen MR) is 82.3 cm³/mol. The van der Waals surface area contributed by atoms with Gasteiger partial charge in [-0.3, -0.25) is 9.78 Å². The first-order valence-corrected chi connectivity index (χ1v) is 6.40. The van der Waals surface area contributed by atoms with Crippen molar-refractivity contribution in [3.63, 3.8) is 0 Å². The molecule has 1 aromatic heterocycles. The van der Waals surface area contributed by atoms with Gasteiger partial charge in [-0.1, -0.05) is 18.2 Å². The highest BCUT2D eigenvalue weighted by atomic mass is 32.1. The number of pyridine rings is 1. The van der Waals surface area contributed by atoms with Crippen LogP contribution in [0.1, 0.15) is 15.9 Å². The molecule has 0 aliphatic rings. The summed E-state index contributed by atoms with van der Waals surface area (Å²) in [6.45, 7) is 0.411. The molecule has 0 aliphatic heterocycles. The van der Waals surface area contributed by atoms with Crippen molar-refractivity contribution in [2.45, 2.75) is 6.54 Å². The van der Waals surface area contributed by atoms with E-state index in [1.165, 1.54) is 0 Å². The van der Waals surface area contributed by atoms with Crippen molar-refractivity contribution >= 4 is 28.9 Å². The Hall–Kier alpha value is -2.47. The summed E-state index contributed by atoms with van der Waals surface area (Å²) in [6, 6.07) is 10.8. The largest absolute Gasteiger partial charge is 0.376 e. The lowest BCUT2D eigenvalue weighted by atomic mass is 10.1. The molecule has 20 heavy (non-hydrogen) atoms. The minimum Gasteiger partial charge on any atom is -0.376 e. The van der Waals surface area contributed by atoms with Crippen molar-refractivity contribution in [2.75, 3.05) is 5.32 Å². The van der Waals surface area contributed by atoms with E-state index < -0.39 is 0 Å². The lowest BCUT2D eigenvalue weighted by Crippen LogP contribution is -2.26. The summed E-state index contributed by atoms with van der Waals surface area (Å²) in [5, 5.41) is 5.74. The average molecular weight is 286 g/mol. The fourth-order valence-corrected chi connectivity index (χ4v) is 1.81. The lowest BCUT2D eigenvalue weighted by molar-refractivity contribution is 0.0952. The Bertz CT molecular complexity index is 616. The van der Waals surface area contributed by atoms with Crippen LogP contribution in [0.2, 0.25) is 0 Å². The summed E-state index contributed by atoms with van der Waals surface area (Å²) in [4.78, 5) is 16.2. The molecule has 4 N–H and O–H groups in total. The van der Waals surface area contributed by atoms with Crippen molar-refractivity contribution in [3.8, 4) is 0 Å². The number of benzene rings is 1. The molecule has 102 valence electrons. The number of thiocarbonyl (C=S) groups is 1. The van der Waals surface area contributed by atoms with Gasteiger partial charge >= 0.3 is 0 Å². The lowest BCUT2D eigenvalue weighted by Gasteiger charge is -2.11. The van der Waals surface area contributed by atoms with Crippen LogP contribution in [0.4, 0.5) is 5.69 Å². The zero-order valence-electron chi connectivity index (χ0n) is 10.7. The van der Waals surface area contributed by atoms with Gasteiger partial charge in [-0.25, -0.2) is 0 Å². The van der Waals surface area contributed by atoms with E-state index in [2.05, 4.69) is 15.6 Å². The first kappa shape index (κ1) is 14.0. The molecule has 2 aromatic rings. The molecule has 5 nitrogen and oxygen atoms in total. The molecule has 0 aliphatic carbocycles. The minimum absolute atomic E-state index is 0.123. The molecule has 6 heteroatoms. The number of aromatic nitrogens is 1. The molecule has 0 saturated heterocycles. The standard InChI is InChI=1S/C14H14N4OS/c15-14(20)18-12-6-2-1-5-11(12)13(19)17-9-10-4-3-7-16-8-10/h1-8H,9H2,(H,17,19)(H3,15,18,20). The van der Waals surface area contributed by atoms with Gasteiger partial charge < -0.3 is 16.4 Å². The molecule has 0 saturated carbocycles. The van der Waals surface area contributed by atoms with Crippen molar-refractivity contribution in [1.29, 1.82) is 0 Å². The van der Waals surface area contributed by atoms with Gasteiger partial charge in [-0.05, 0) is 36.0 Å². The van der Waals surface area contributed by atoms with Gasteiger partial charge in [0.05, 0.1) is 11.3 Å². The van der Waals surface area contributed by atoms with Crippen LogP contribution in [0.5, 0.6) is 0 Å². The van der Waals surface area contributed by atoms with E-state index in [0.29, 0.717) is 17.8 Å². The minimum atomic E-state index is -0.201. The molecule has 0 fully saturated rings. The summed E-state index contributed by atoms with van der Waals surface area (Å²) in [5.74, 6) is -0.201. The molecule has 2 rings (SSSR count). The van der Waals surface area contributed by atoms with Crippen molar-refractivity contribution < 1.29 is 4.79 Å². The Morgan fingerprint density at radius 1 is 1.25 bits per heavy atom.